The van der Waals surface area contributed by atoms with E-state index in [0.717, 1.165) is 27.8 Å². The molecular formula is C22H22N2O4. The molecule has 2 aromatic carbocycles. The molecule has 0 aliphatic carbocycles. The molecule has 0 spiro atoms. The lowest BCUT2D eigenvalue weighted by molar-refractivity contribution is -0.142. The molecule has 6 nitrogen and oxygen atoms in total. The van der Waals surface area contributed by atoms with Crippen molar-refractivity contribution in [3.8, 4) is 5.75 Å². The summed E-state index contributed by atoms with van der Waals surface area (Å²) >= 11 is 0. The predicted molar refractivity (Wildman–Crippen MR) is 109 cm³/mol. The smallest absolute Gasteiger partial charge is 0.344 e. The first-order valence-corrected chi connectivity index (χ1v) is 8.86. The summed E-state index contributed by atoms with van der Waals surface area (Å²) in [7, 11) is 0. The van der Waals surface area contributed by atoms with Gasteiger partial charge in [-0.05, 0) is 30.7 Å². The summed E-state index contributed by atoms with van der Waals surface area (Å²) in [6, 6.07) is 14.1. The number of oxime groups is 1. The molecule has 3 rings (SSSR count). The Morgan fingerprint density at radius 1 is 1.25 bits per heavy atom. The van der Waals surface area contributed by atoms with Crippen molar-refractivity contribution < 1.29 is 19.5 Å². The monoisotopic (exact) mass is 378 g/mol. The van der Waals surface area contributed by atoms with E-state index in [4.69, 9.17) is 14.7 Å². The first-order valence-electron chi connectivity index (χ1n) is 8.86. The molecule has 0 unspecified atom stereocenters. The van der Waals surface area contributed by atoms with Crippen LogP contribution in [-0.4, -0.2) is 28.5 Å². The summed E-state index contributed by atoms with van der Waals surface area (Å²) in [5.74, 6) is -0.330. The Hall–Kier alpha value is -3.54. The molecule has 0 saturated carbocycles. The van der Waals surface area contributed by atoms with Gasteiger partial charge in [0, 0.05) is 29.2 Å². The number of carboxylic acid groups (broad SMARTS) is 1. The third-order valence-electron chi connectivity index (χ3n) is 4.19. The molecule has 0 fully saturated rings. The Bertz CT molecular complexity index is 1000. The van der Waals surface area contributed by atoms with Crippen molar-refractivity contribution in [1.82, 2.24) is 4.57 Å². The lowest BCUT2D eigenvalue weighted by atomic mass is 10.1. The van der Waals surface area contributed by atoms with E-state index in [-0.39, 0.29) is 0 Å². The zero-order valence-electron chi connectivity index (χ0n) is 15.7. The Morgan fingerprint density at radius 3 is 2.75 bits per heavy atom. The van der Waals surface area contributed by atoms with Crippen LogP contribution in [0.4, 0.5) is 0 Å². The van der Waals surface area contributed by atoms with Gasteiger partial charge in [-0.1, -0.05) is 41.1 Å². The summed E-state index contributed by atoms with van der Waals surface area (Å²) in [5, 5.41) is 13.3. The first kappa shape index (κ1) is 19.2. The standard InChI is InChI=1S/C22H22N2O4/c1-3-10-24-13-18(12-23-28-15-22(25)26)20-11-19(8-9-21(20)24)27-14-17-6-4-16(2)5-7-17/h3-9,11-13H,1,10,14-15H2,2H3,(H,25,26)/b23-12+. The quantitative estimate of drug-likeness (QED) is 0.345. The van der Waals surface area contributed by atoms with Crippen molar-refractivity contribution in [1.29, 1.82) is 0 Å². The van der Waals surface area contributed by atoms with Gasteiger partial charge in [-0.2, -0.15) is 0 Å². The summed E-state index contributed by atoms with van der Waals surface area (Å²) in [6.07, 6.45) is 5.24. The lowest BCUT2D eigenvalue weighted by Gasteiger charge is -2.08. The van der Waals surface area contributed by atoms with E-state index in [2.05, 4.69) is 30.8 Å². The van der Waals surface area contributed by atoms with Crippen molar-refractivity contribution in [3.63, 3.8) is 0 Å². The van der Waals surface area contributed by atoms with Crippen molar-refractivity contribution in [2.45, 2.75) is 20.1 Å². The number of hydrogen-bond acceptors (Lipinski definition) is 4. The van der Waals surface area contributed by atoms with Gasteiger partial charge in [0.2, 0.25) is 6.61 Å². The molecule has 0 aliphatic heterocycles. The molecule has 0 saturated heterocycles. The molecule has 144 valence electrons. The van der Waals surface area contributed by atoms with Crippen LogP contribution in [0.3, 0.4) is 0 Å². The highest BCUT2D eigenvalue weighted by Crippen LogP contribution is 2.26. The number of hydrogen-bond donors (Lipinski definition) is 1. The molecule has 3 aromatic rings. The molecule has 0 atom stereocenters. The van der Waals surface area contributed by atoms with Gasteiger partial charge in [0.15, 0.2) is 0 Å². The van der Waals surface area contributed by atoms with Crippen LogP contribution in [0.15, 0.2) is 66.5 Å². The maximum absolute atomic E-state index is 10.5. The largest absolute Gasteiger partial charge is 0.489 e. The van der Waals surface area contributed by atoms with Crippen molar-refractivity contribution >= 4 is 23.1 Å². The van der Waals surface area contributed by atoms with E-state index >= 15 is 0 Å². The number of rotatable bonds is 9. The van der Waals surface area contributed by atoms with Crippen LogP contribution in [-0.2, 0) is 22.8 Å². The molecule has 1 aromatic heterocycles. The SMILES string of the molecule is C=CCn1cc(/C=N/OCC(=O)O)c2cc(OCc3ccc(C)cc3)ccc21. The lowest BCUT2D eigenvalue weighted by Crippen LogP contribution is -2.03. The minimum absolute atomic E-state index is 0.476. The highest BCUT2D eigenvalue weighted by molar-refractivity contribution is 6.00. The van der Waals surface area contributed by atoms with E-state index in [1.165, 1.54) is 11.8 Å². The minimum Gasteiger partial charge on any atom is -0.489 e. The topological polar surface area (TPSA) is 73.1 Å². The number of aliphatic carboxylic acids is 1. The van der Waals surface area contributed by atoms with Crippen molar-refractivity contribution in [2.24, 2.45) is 5.16 Å². The number of allylic oxidation sites excluding steroid dienone is 1. The van der Waals surface area contributed by atoms with Crippen LogP contribution in [0.1, 0.15) is 16.7 Å². The molecule has 0 bridgehead atoms. The molecular weight excluding hydrogens is 356 g/mol. The van der Waals surface area contributed by atoms with Gasteiger partial charge >= 0.3 is 5.97 Å². The van der Waals surface area contributed by atoms with Crippen LogP contribution in [0.5, 0.6) is 5.75 Å². The van der Waals surface area contributed by atoms with E-state index in [1.54, 1.807) is 0 Å². The summed E-state index contributed by atoms with van der Waals surface area (Å²) in [4.78, 5) is 15.3. The minimum atomic E-state index is -1.07. The van der Waals surface area contributed by atoms with Crippen molar-refractivity contribution in [2.75, 3.05) is 6.61 Å². The molecule has 28 heavy (non-hydrogen) atoms. The van der Waals surface area contributed by atoms with Crippen LogP contribution < -0.4 is 4.74 Å². The number of aromatic nitrogens is 1. The molecule has 0 radical (unpaired) electrons. The van der Waals surface area contributed by atoms with Gasteiger partial charge in [-0.15, -0.1) is 6.58 Å². The zero-order valence-corrected chi connectivity index (χ0v) is 15.7. The summed E-state index contributed by atoms with van der Waals surface area (Å²) in [5.41, 5.74) is 4.12. The Labute approximate surface area is 163 Å². The molecule has 1 N–H and O–H groups in total. The normalized spacial score (nSPS) is 11.0. The third-order valence-corrected chi connectivity index (χ3v) is 4.19. The number of fused-ring (bicyclic) bond motifs is 1. The second kappa shape index (κ2) is 8.90. The third kappa shape index (κ3) is 4.79. The summed E-state index contributed by atoms with van der Waals surface area (Å²) in [6.45, 7) is 6.48. The maximum Gasteiger partial charge on any atom is 0.344 e. The Morgan fingerprint density at radius 2 is 2.04 bits per heavy atom. The number of carboxylic acids is 1. The summed E-state index contributed by atoms with van der Waals surface area (Å²) < 4.78 is 7.97. The number of benzene rings is 2. The zero-order chi connectivity index (χ0) is 19.9. The number of carbonyl (C=O) groups is 1. The van der Waals surface area contributed by atoms with Gasteiger partial charge in [0.1, 0.15) is 12.4 Å². The first-order chi connectivity index (χ1) is 13.6. The van der Waals surface area contributed by atoms with Crippen LogP contribution in [0, 0.1) is 6.92 Å². The molecule has 6 heteroatoms. The second-order valence-electron chi connectivity index (χ2n) is 6.38. The molecule has 0 amide bonds. The molecule has 0 aliphatic rings. The Balaban J connectivity index is 1.83. The van der Waals surface area contributed by atoms with E-state index in [0.29, 0.717) is 13.2 Å². The van der Waals surface area contributed by atoms with Gasteiger partial charge in [-0.3, -0.25) is 0 Å². The fourth-order valence-corrected chi connectivity index (χ4v) is 2.82. The van der Waals surface area contributed by atoms with Gasteiger partial charge in [-0.25, -0.2) is 4.79 Å². The Kier molecular flexibility index (Phi) is 6.11. The maximum atomic E-state index is 10.5. The molecule has 1 heterocycles. The van der Waals surface area contributed by atoms with Crippen molar-refractivity contribution in [3.05, 3.63) is 78.0 Å². The van der Waals surface area contributed by atoms with Crippen LogP contribution >= 0.6 is 0 Å². The average Bonchev–Trinajstić information content (AvgIpc) is 3.02. The van der Waals surface area contributed by atoms with E-state index < -0.39 is 12.6 Å². The second-order valence-corrected chi connectivity index (χ2v) is 6.38. The van der Waals surface area contributed by atoms with Gasteiger partial charge in [0.25, 0.3) is 0 Å². The highest BCUT2D eigenvalue weighted by Gasteiger charge is 2.09. The van der Waals surface area contributed by atoms with E-state index in [9.17, 15) is 4.79 Å². The predicted octanol–water partition coefficient (Wildman–Crippen LogP) is 4.15. The number of aryl methyl sites for hydroxylation is 1. The number of ether oxygens (including phenoxy) is 1. The van der Waals surface area contributed by atoms with Gasteiger partial charge < -0.3 is 19.2 Å². The fourth-order valence-electron chi connectivity index (χ4n) is 2.82. The van der Waals surface area contributed by atoms with Crippen LogP contribution in [0.25, 0.3) is 10.9 Å². The van der Waals surface area contributed by atoms with Gasteiger partial charge in [0.05, 0.1) is 6.21 Å². The van der Waals surface area contributed by atoms with Crippen LogP contribution in [0.2, 0.25) is 0 Å². The average molecular weight is 378 g/mol. The van der Waals surface area contributed by atoms with E-state index in [1.807, 2.05) is 47.2 Å². The highest BCUT2D eigenvalue weighted by atomic mass is 16.6. The number of nitrogens with zero attached hydrogens (tertiary/aromatic N) is 2. The fraction of sp³-hybridized carbons (Fsp3) is 0.182.